The molecule has 0 aromatic carbocycles. The molecule has 0 spiro atoms. The minimum atomic E-state index is -0.527. The Hall–Kier alpha value is -1.77. The van der Waals surface area contributed by atoms with Gasteiger partial charge in [0, 0.05) is 39.3 Å². The lowest BCUT2D eigenvalue weighted by Gasteiger charge is -2.31. The lowest BCUT2D eigenvalue weighted by atomic mass is 10.2. The highest BCUT2D eigenvalue weighted by atomic mass is 32.2. The van der Waals surface area contributed by atoms with E-state index < -0.39 is 11.8 Å². The fraction of sp³-hybridized carbons (Fsp3) is 0.750. The quantitative estimate of drug-likeness (QED) is 0.545. The van der Waals surface area contributed by atoms with Crippen LogP contribution in [0.2, 0.25) is 0 Å². The van der Waals surface area contributed by atoms with Gasteiger partial charge < -0.3 is 20.4 Å². The molecule has 2 fully saturated rings. The molecule has 2 aliphatic rings. The van der Waals surface area contributed by atoms with Crippen LogP contribution in [-0.2, 0) is 19.2 Å². The zero-order valence-electron chi connectivity index (χ0n) is 14.6. The fourth-order valence-corrected chi connectivity index (χ4v) is 3.60. The number of thioether (sulfide) groups is 1. The van der Waals surface area contributed by atoms with Gasteiger partial charge in [-0.15, -0.1) is 11.8 Å². The number of carbonyl (C=O) groups excluding carboxylic acids is 4. The van der Waals surface area contributed by atoms with Gasteiger partial charge in [0.2, 0.25) is 11.8 Å². The summed E-state index contributed by atoms with van der Waals surface area (Å²) in [7, 11) is 1.60. The molecule has 25 heavy (non-hydrogen) atoms. The first-order valence-corrected chi connectivity index (χ1v) is 9.81. The molecule has 9 heteroatoms. The van der Waals surface area contributed by atoms with E-state index in [1.807, 2.05) is 0 Å². The van der Waals surface area contributed by atoms with Crippen LogP contribution in [0, 0.1) is 0 Å². The van der Waals surface area contributed by atoms with Gasteiger partial charge in [-0.05, 0) is 12.8 Å². The van der Waals surface area contributed by atoms with Gasteiger partial charge >= 0.3 is 11.8 Å². The maximum absolute atomic E-state index is 11.8. The first kappa shape index (κ1) is 19.6. The zero-order valence-corrected chi connectivity index (χ0v) is 15.4. The van der Waals surface area contributed by atoms with E-state index in [4.69, 9.17) is 0 Å². The molecule has 1 aliphatic carbocycles. The summed E-state index contributed by atoms with van der Waals surface area (Å²) >= 11 is 1.27. The number of hydrogen-bond donors (Lipinski definition) is 2. The van der Waals surface area contributed by atoms with Gasteiger partial charge in [0.1, 0.15) is 0 Å². The topological polar surface area (TPSA) is 98.8 Å². The lowest BCUT2D eigenvalue weighted by Crippen LogP contribution is -2.54. The highest BCUT2D eigenvalue weighted by Crippen LogP contribution is 2.17. The Morgan fingerprint density at radius 1 is 1.08 bits per heavy atom. The minimum Gasteiger partial charge on any atom is -0.354 e. The number of carbonyl (C=O) groups is 4. The third-order valence-corrected chi connectivity index (χ3v) is 5.35. The first-order valence-electron chi connectivity index (χ1n) is 8.65. The smallest absolute Gasteiger partial charge is 0.312 e. The van der Waals surface area contributed by atoms with E-state index >= 15 is 0 Å². The normalized spacial score (nSPS) is 18.6. The molecule has 1 heterocycles. The number of amides is 4. The predicted octanol–water partition coefficient (Wildman–Crippen LogP) is -0.805. The van der Waals surface area contributed by atoms with Crippen molar-refractivity contribution in [3.05, 3.63) is 0 Å². The second-order valence-electron chi connectivity index (χ2n) is 6.41. The van der Waals surface area contributed by atoms with Crippen molar-refractivity contribution in [2.45, 2.75) is 31.7 Å². The average Bonchev–Trinajstić information content (AvgIpc) is 3.07. The van der Waals surface area contributed by atoms with Gasteiger partial charge in [0.25, 0.3) is 0 Å². The van der Waals surface area contributed by atoms with E-state index in [2.05, 4.69) is 10.6 Å². The van der Waals surface area contributed by atoms with E-state index in [-0.39, 0.29) is 23.3 Å². The minimum absolute atomic E-state index is 0.0220. The van der Waals surface area contributed by atoms with Crippen molar-refractivity contribution in [1.29, 1.82) is 0 Å². The molecule has 8 nitrogen and oxygen atoms in total. The van der Waals surface area contributed by atoms with Crippen LogP contribution in [0.5, 0.6) is 0 Å². The Morgan fingerprint density at radius 3 is 2.48 bits per heavy atom. The summed E-state index contributed by atoms with van der Waals surface area (Å²) in [5.41, 5.74) is 0. The summed E-state index contributed by atoms with van der Waals surface area (Å²) in [5.74, 6) is -0.761. The van der Waals surface area contributed by atoms with E-state index in [1.165, 1.54) is 34.4 Å². The third-order valence-electron chi connectivity index (χ3n) is 4.41. The van der Waals surface area contributed by atoms with Gasteiger partial charge in [0.05, 0.1) is 11.5 Å². The Kier molecular flexibility index (Phi) is 7.54. The fourth-order valence-electron chi connectivity index (χ4n) is 2.94. The molecule has 0 bridgehead atoms. The predicted molar refractivity (Wildman–Crippen MR) is 95.0 cm³/mol. The van der Waals surface area contributed by atoms with Crippen LogP contribution in [0.15, 0.2) is 0 Å². The van der Waals surface area contributed by atoms with E-state index in [0.29, 0.717) is 32.2 Å². The molecule has 2 rings (SSSR count). The SMILES string of the molecule is CN1CCN(CCNC(=O)CSCC(=O)NC2CCCC2)C(=O)C1=O. The molecule has 0 aromatic rings. The number of hydrogen-bond acceptors (Lipinski definition) is 5. The second-order valence-corrected chi connectivity index (χ2v) is 7.40. The Morgan fingerprint density at radius 2 is 1.76 bits per heavy atom. The molecule has 1 saturated heterocycles. The van der Waals surface area contributed by atoms with Crippen molar-refractivity contribution in [3.63, 3.8) is 0 Å². The molecular weight excluding hydrogens is 344 g/mol. The molecule has 0 unspecified atom stereocenters. The Balaban J connectivity index is 1.54. The van der Waals surface area contributed by atoms with Crippen molar-refractivity contribution in [1.82, 2.24) is 20.4 Å². The summed E-state index contributed by atoms with van der Waals surface area (Å²) in [4.78, 5) is 49.7. The molecule has 4 amide bonds. The van der Waals surface area contributed by atoms with E-state index in [0.717, 1.165) is 12.8 Å². The van der Waals surface area contributed by atoms with E-state index in [9.17, 15) is 19.2 Å². The molecular formula is C16H26N4O4S. The number of nitrogens with zero attached hydrogens (tertiary/aromatic N) is 2. The van der Waals surface area contributed by atoms with Crippen molar-refractivity contribution < 1.29 is 19.2 Å². The number of nitrogens with one attached hydrogen (secondary N) is 2. The zero-order chi connectivity index (χ0) is 18.2. The molecule has 1 saturated carbocycles. The van der Waals surface area contributed by atoms with Crippen LogP contribution >= 0.6 is 11.8 Å². The van der Waals surface area contributed by atoms with Gasteiger partial charge in [0.15, 0.2) is 0 Å². The standard InChI is InChI=1S/C16H26N4O4S/c1-19-8-9-20(16(24)15(19)23)7-6-17-13(21)10-25-11-14(22)18-12-4-2-3-5-12/h12H,2-11H2,1H3,(H,17,21)(H,18,22). The highest BCUT2D eigenvalue weighted by molar-refractivity contribution is 8.00. The van der Waals surface area contributed by atoms with Crippen LogP contribution < -0.4 is 10.6 Å². The largest absolute Gasteiger partial charge is 0.354 e. The summed E-state index contributed by atoms with van der Waals surface area (Å²) in [6.45, 7) is 1.60. The van der Waals surface area contributed by atoms with Crippen molar-refractivity contribution in [3.8, 4) is 0 Å². The molecule has 0 aromatic heterocycles. The average molecular weight is 370 g/mol. The van der Waals surface area contributed by atoms with Gasteiger partial charge in [-0.2, -0.15) is 0 Å². The maximum Gasteiger partial charge on any atom is 0.312 e. The lowest BCUT2D eigenvalue weighted by molar-refractivity contribution is -0.154. The number of rotatable bonds is 8. The Labute approximate surface area is 152 Å². The molecule has 2 N–H and O–H groups in total. The summed E-state index contributed by atoms with van der Waals surface area (Å²) in [6.07, 6.45) is 4.43. The summed E-state index contributed by atoms with van der Waals surface area (Å²) in [5, 5.41) is 5.69. The van der Waals surface area contributed by atoms with Crippen molar-refractivity contribution in [2.24, 2.45) is 0 Å². The van der Waals surface area contributed by atoms with Gasteiger partial charge in [-0.3, -0.25) is 19.2 Å². The Bertz CT molecular complexity index is 522. The van der Waals surface area contributed by atoms with Crippen LogP contribution in [0.3, 0.4) is 0 Å². The first-order chi connectivity index (χ1) is 12.0. The molecule has 0 atom stereocenters. The highest BCUT2D eigenvalue weighted by Gasteiger charge is 2.29. The molecule has 0 radical (unpaired) electrons. The summed E-state index contributed by atoms with van der Waals surface area (Å²) in [6, 6.07) is 0.297. The molecule has 140 valence electrons. The molecule has 1 aliphatic heterocycles. The number of piperazine rings is 1. The second kappa shape index (κ2) is 9.65. The van der Waals surface area contributed by atoms with Crippen LogP contribution in [-0.4, -0.2) is 84.2 Å². The van der Waals surface area contributed by atoms with Crippen molar-refractivity contribution in [2.75, 3.05) is 44.7 Å². The maximum atomic E-state index is 11.8. The van der Waals surface area contributed by atoms with Crippen LogP contribution in [0.1, 0.15) is 25.7 Å². The third kappa shape index (κ3) is 6.22. The van der Waals surface area contributed by atoms with Crippen LogP contribution in [0.25, 0.3) is 0 Å². The van der Waals surface area contributed by atoms with Crippen molar-refractivity contribution >= 4 is 35.4 Å². The van der Waals surface area contributed by atoms with Crippen LogP contribution in [0.4, 0.5) is 0 Å². The number of likely N-dealkylation sites (N-methyl/N-ethyl adjacent to an activating group) is 1. The summed E-state index contributed by atoms with van der Waals surface area (Å²) < 4.78 is 0. The van der Waals surface area contributed by atoms with Gasteiger partial charge in [-0.25, -0.2) is 0 Å². The monoisotopic (exact) mass is 370 g/mol. The van der Waals surface area contributed by atoms with Gasteiger partial charge in [-0.1, -0.05) is 12.8 Å². The van der Waals surface area contributed by atoms with E-state index in [1.54, 1.807) is 7.05 Å².